The molecule has 0 atom stereocenters. The summed E-state index contributed by atoms with van der Waals surface area (Å²) in [6.07, 6.45) is 1.21. The van der Waals surface area contributed by atoms with E-state index in [1.165, 1.54) is 6.26 Å². The summed E-state index contributed by atoms with van der Waals surface area (Å²) in [5.74, 6) is 1.09. The average molecular weight is 417 g/mol. The first kappa shape index (κ1) is 21.6. The Morgan fingerprint density at radius 1 is 1.22 bits per heavy atom. The zero-order valence-corrected chi connectivity index (χ0v) is 17.7. The second-order valence-electron chi connectivity index (χ2n) is 6.72. The lowest BCUT2D eigenvalue weighted by Crippen LogP contribution is -2.45. The first-order valence-corrected chi connectivity index (χ1v) is 12.5. The SMILES string of the molecule is CN=C(NCCN1CCS(=O)(=O)CC1)NCc1ccc(S(C)(=O)=O)c(C)c1. The van der Waals surface area contributed by atoms with Crippen LogP contribution >= 0.6 is 0 Å². The van der Waals surface area contributed by atoms with Crippen LogP contribution in [0.4, 0.5) is 0 Å². The third-order valence-electron chi connectivity index (χ3n) is 4.48. The lowest BCUT2D eigenvalue weighted by molar-refractivity contribution is 0.299. The van der Waals surface area contributed by atoms with Gasteiger partial charge in [0.1, 0.15) is 0 Å². The van der Waals surface area contributed by atoms with Crippen LogP contribution in [0.25, 0.3) is 0 Å². The molecule has 0 saturated carbocycles. The van der Waals surface area contributed by atoms with Gasteiger partial charge < -0.3 is 10.6 Å². The van der Waals surface area contributed by atoms with Crippen molar-refractivity contribution in [3.8, 4) is 0 Å². The summed E-state index contributed by atoms with van der Waals surface area (Å²) in [6.45, 7) is 4.85. The van der Waals surface area contributed by atoms with E-state index in [1.807, 2.05) is 6.07 Å². The molecule has 1 saturated heterocycles. The predicted molar refractivity (Wildman–Crippen MR) is 108 cm³/mol. The Morgan fingerprint density at radius 3 is 2.44 bits per heavy atom. The fourth-order valence-corrected chi connectivity index (χ4v) is 5.19. The lowest BCUT2D eigenvalue weighted by atomic mass is 10.1. The summed E-state index contributed by atoms with van der Waals surface area (Å²) in [5.41, 5.74) is 1.68. The second kappa shape index (κ2) is 9.03. The molecular weight excluding hydrogens is 388 g/mol. The van der Waals surface area contributed by atoms with Crippen molar-refractivity contribution >= 4 is 25.6 Å². The molecule has 1 heterocycles. The van der Waals surface area contributed by atoms with Crippen molar-refractivity contribution in [1.82, 2.24) is 15.5 Å². The molecule has 1 aliphatic heterocycles. The molecule has 0 spiro atoms. The highest BCUT2D eigenvalue weighted by Gasteiger charge is 2.20. The maximum atomic E-state index is 11.7. The van der Waals surface area contributed by atoms with Crippen molar-refractivity contribution in [2.45, 2.75) is 18.4 Å². The van der Waals surface area contributed by atoms with Crippen LogP contribution in [0.3, 0.4) is 0 Å². The highest BCUT2D eigenvalue weighted by atomic mass is 32.2. The van der Waals surface area contributed by atoms with Crippen LogP contribution in [0.5, 0.6) is 0 Å². The summed E-state index contributed by atoms with van der Waals surface area (Å²) < 4.78 is 46.2. The van der Waals surface area contributed by atoms with Crippen molar-refractivity contribution in [2.24, 2.45) is 4.99 Å². The Bertz CT molecular complexity index is 882. The van der Waals surface area contributed by atoms with E-state index in [0.717, 1.165) is 17.7 Å². The minimum Gasteiger partial charge on any atom is -0.355 e. The monoisotopic (exact) mass is 416 g/mol. The molecule has 2 rings (SSSR count). The number of hydrogen-bond acceptors (Lipinski definition) is 6. The molecule has 8 nitrogen and oxygen atoms in total. The number of sulfone groups is 2. The normalized spacial score (nSPS) is 18.3. The van der Waals surface area contributed by atoms with E-state index in [0.29, 0.717) is 37.0 Å². The number of guanidine groups is 1. The van der Waals surface area contributed by atoms with Crippen molar-refractivity contribution in [3.05, 3.63) is 29.3 Å². The molecule has 0 amide bonds. The first-order chi connectivity index (χ1) is 12.6. The number of benzene rings is 1. The summed E-state index contributed by atoms with van der Waals surface area (Å²) in [7, 11) is -4.39. The van der Waals surface area contributed by atoms with Gasteiger partial charge in [-0.25, -0.2) is 16.8 Å². The maximum Gasteiger partial charge on any atom is 0.191 e. The van der Waals surface area contributed by atoms with E-state index >= 15 is 0 Å². The Balaban J connectivity index is 1.80. The van der Waals surface area contributed by atoms with Crippen LogP contribution in [0, 0.1) is 6.92 Å². The fraction of sp³-hybridized carbons (Fsp3) is 0.588. The van der Waals surface area contributed by atoms with Crippen molar-refractivity contribution in [3.63, 3.8) is 0 Å². The molecule has 0 bridgehead atoms. The van der Waals surface area contributed by atoms with Gasteiger partial charge in [-0.3, -0.25) is 9.89 Å². The molecule has 1 aromatic rings. The smallest absolute Gasteiger partial charge is 0.191 e. The largest absolute Gasteiger partial charge is 0.355 e. The van der Waals surface area contributed by atoms with Crippen LogP contribution in [0.15, 0.2) is 28.1 Å². The Labute approximate surface area is 161 Å². The first-order valence-electron chi connectivity index (χ1n) is 8.77. The minimum atomic E-state index is -3.22. The molecule has 0 unspecified atom stereocenters. The minimum absolute atomic E-state index is 0.225. The van der Waals surface area contributed by atoms with Crippen LogP contribution in [-0.2, 0) is 26.2 Å². The van der Waals surface area contributed by atoms with Crippen molar-refractivity contribution in [2.75, 3.05) is 51.0 Å². The molecule has 2 N–H and O–H groups in total. The zero-order chi connectivity index (χ0) is 20.1. The summed E-state index contributed by atoms with van der Waals surface area (Å²) in [5, 5.41) is 6.41. The van der Waals surface area contributed by atoms with Gasteiger partial charge in [0, 0.05) is 46.0 Å². The Morgan fingerprint density at radius 2 is 1.89 bits per heavy atom. The number of nitrogens with zero attached hydrogens (tertiary/aromatic N) is 2. The molecule has 152 valence electrons. The molecule has 0 aliphatic carbocycles. The summed E-state index contributed by atoms with van der Waals surface area (Å²) in [4.78, 5) is 6.64. The highest BCUT2D eigenvalue weighted by molar-refractivity contribution is 7.91. The van der Waals surface area contributed by atoms with Gasteiger partial charge in [0.15, 0.2) is 25.6 Å². The predicted octanol–water partition coefficient (Wildman–Crippen LogP) is -0.206. The van der Waals surface area contributed by atoms with Crippen LogP contribution in [-0.4, -0.2) is 78.7 Å². The number of hydrogen-bond donors (Lipinski definition) is 2. The van der Waals surface area contributed by atoms with Gasteiger partial charge in [-0.1, -0.05) is 12.1 Å². The van der Waals surface area contributed by atoms with Gasteiger partial charge in [-0.15, -0.1) is 0 Å². The van der Waals surface area contributed by atoms with E-state index in [-0.39, 0.29) is 11.5 Å². The quantitative estimate of drug-likeness (QED) is 0.488. The Kier molecular flexibility index (Phi) is 7.24. The number of aryl methyl sites for hydroxylation is 1. The molecule has 0 aromatic heterocycles. The molecular formula is C17H28N4O4S2. The van der Waals surface area contributed by atoms with Gasteiger partial charge in [-0.2, -0.15) is 0 Å². The highest BCUT2D eigenvalue weighted by Crippen LogP contribution is 2.16. The Hall–Kier alpha value is -1.65. The molecule has 1 fully saturated rings. The van der Waals surface area contributed by atoms with Crippen LogP contribution in [0.2, 0.25) is 0 Å². The van der Waals surface area contributed by atoms with Crippen LogP contribution in [0.1, 0.15) is 11.1 Å². The molecule has 0 radical (unpaired) electrons. The van der Waals surface area contributed by atoms with Gasteiger partial charge >= 0.3 is 0 Å². The van der Waals surface area contributed by atoms with E-state index < -0.39 is 19.7 Å². The average Bonchev–Trinajstić information content (AvgIpc) is 2.58. The van der Waals surface area contributed by atoms with E-state index in [9.17, 15) is 16.8 Å². The molecule has 1 aliphatic rings. The summed E-state index contributed by atoms with van der Waals surface area (Å²) in [6, 6.07) is 5.27. The van der Waals surface area contributed by atoms with Crippen LogP contribution < -0.4 is 10.6 Å². The van der Waals surface area contributed by atoms with E-state index in [2.05, 4.69) is 20.5 Å². The topological polar surface area (TPSA) is 108 Å². The number of aliphatic imine (C=N–C) groups is 1. The van der Waals surface area contributed by atoms with Crippen molar-refractivity contribution < 1.29 is 16.8 Å². The molecule has 27 heavy (non-hydrogen) atoms. The molecule has 1 aromatic carbocycles. The second-order valence-corrected chi connectivity index (χ2v) is 11.0. The van der Waals surface area contributed by atoms with Crippen molar-refractivity contribution in [1.29, 1.82) is 0 Å². The van der Waals surface area contributed by atoms with E-state index in [1.54, 1.807) is 26.1 Å². The van der Waals surface area contributed by atoms with Gasteiger partial charge in [0.2, 0.25) is 0 Å². The maximum absolute atomic E-state index is 11.7. The third-order valence-corrected chi connectivity index (χ3v) is 7.35. The van der Waals surface area contributed by atoms with E-state index in [4.69, 9.17) is 0 Å². The zero-order valence-electron chi connectivity index (χ0n) is 16.0. The summed E-state index contributed by atoms with van der Waals surface area (Å²) >= 11 is 0. The fourth-order valence-electron chi connectivity index (χ4n) is 2.95. The lowest BCUT2D eigenvalue weighted by Gasteiger charge is -2.26. The standard InChI is InChI=1S/C17H28N4O4S2/c1-14-12-15(4-5-16(14)26(3,22)23)13-20-17(18-2)19-6-7-21-8-10-27(24,25)11-9-21/h4-5,12H,6-11,13H2,1-3H3,(H2,18,19,20). The van der Waals surface area contributed by atoms with Gasteiger partial charge in [-0.05, 0) is 24.1 Å². The molecule has 10 heteroatoms. The third kappa shape index (κ3) is 6.78. The van der Waals surface area contributed by atoms with Gasteiger partial charge in [0.05, 0.1) is 16.4 Å². The number of rotatable bonds is 6. The number of nitrogens with one attached hydrogen (secondary N) is 2. The van der Waals surface area contributed by atoms with Gasteiger partial charge in [0.25, 0.3) is 0 Å².